The number of sulfone groups is 1. The van der Waals surface area contributed by atoms with E-state index in [-0.39, 0.29) is 31.0 Å². The Kier molecular flexibility index (Phi) is 8.08. The van der Waals surface area contributed by atoms with Gasteiger partial charge in [0, 0.05) is 20.3 Å². The molecule has 0 radical (unpaired) electrons. The van der Waals surface area contributed by atoms with E-state index in [4.69, 9.17) is 9.47 Å². The maximum Gasteiger partial charge on any atom is 0.267 e. The number of aryl methyl sites for hydroxylation is 1. The van der Waals surface area contributed by atoms with Crippen molar-refractivity contribution in [2.45, 2.75) is 35.3 Å². The maximum atomic E-state index is 13.5. The lowest BCUT2D eigenvalue weighted by atomic mass is 9.98. The van der Waals surface area contributed by atoms with Gasteiger partial charge in [0.1, 0.15) is 5.75 Å². The number of hydrogen-bond donors (Lipinski definition) is 1. The first-order chi connectivity index (χ1) is 17.3. The fourth-order valence-electron chi connectivity index (χ4n) is 4.54. The van der Waals surface area contributed by atoms with Gasteiger partial charge in [-0.3, -0.25) is 10.0 Å². The molecular formula is C28H31NO6S. The molecule has 0 saturated carbocycles. The van der Waals surface area contributed by atoms with Gasteiger partial charge in [0.15, 0.2) is 14.6 Å². The zero-order valence-corrected chi connectivity index (χ0v) is 21.1. The second-order valence-electron chi connectivity index (χ2n) is 8.93. The molecular weight excluding hydrogens is 478 g/mol. The molecule has 1 saturated heterocycles. The van der Waals surface area contributed by atoms with Gasteiger partial charge in [0.2, 0.25) is 0 Å². The van der Waals surface area contributed by atoms with Gasteiger partial charge < -0.3 is 9.47 Å². The minimum absolute atomic E-state index is 0.0111. The van der Waals surface area contributed by atoms with Gasteiger partial charge in [-0.05, 0) is 66.6 Å². The Balaban J connectivity index is 1.37. The summed E-state index contributed by atoms with van der Waals surface area (Å²) in [6.45, 7) is 0.749. The Hall–Kier alpha value is -3.20. The van der Waals surface area contributed by atoms with Crippen molar-refractivity contribution in [1.29, 1.82) is 0 Å². The zero-order valence-electron chi connectivity index (χ0n) is 20.3. The molecule has 3 aromatic rings. The first-order valence-corrected chi connectivity index (χ1v) is 13.5. The summed E-state index contributed by atoms with van der Waals surface area (Å²) in [4.78, 5) is 12.7. The van der Waals surface area contributed by atoms with Crippen LogP contribution in [0.4, 0.5) is 0 Å². The number of hydroxylamine groups is 2. The molecule has 1 aliphatic rings. The fraction of sp³-hybridized carbons (Fsp3) is 0.321. The number of rotatable bonds is 9. The predicted molar refractivity (Wildman–Crippen MR) is 137 cm³/mol. The number of benzene rings is 3. The Morgan fingerprint density at radius 1 is 0.972 bits per heavy atom. The van der Waals surface area contributed by atoms with Gasteiger partial charge in [0.05, 0.1) is 11.5 Å². The van der Waals surface area contributed by atoms with Crippen LogP contribution in [0.5, 0.6) is 5.75 Å². The van der Waals surface area contributed by atoms with Crippen molar-refractivity contribution in [2.75, 3.05) is 26.9 Å². The quantitative estimate of drug-likeness (QED) is 0.259. The molecule has 7 nitrogen and oxygen atoms in total. The molecule has 36 heavy (non-hydrogen) atoms. The molecule has 0 aromatic heterocycles. The van der Waals surface area contributed by atoms with Crippen LogP contribution in [-0.2, 0) is 25.8 Å². The number of ether oxygens (including phenoxy) is 2. The molecule has 1 N–H and O–H groups in total. The van der Waals surface area contributed by atoms with E-state index >= 15 is 0 Å². The van der Waals surface area contributed by atoms with Crippen molar-refractivity contribution < 1.29 is 27.9 Å². The van der Waals surface area contributed by atoms with Crippen LogP contribution < -0.4 is 4.74 Å². The second kappa shape index (κ2) is 11.2. The third kappa shape index (κ3) is 5.46. The van der Waals surface area contributed by atoms with E-state index in [9.17, 15) is 18.4 Å². The van der Waals surface area contributed by atoms with Gasteiger partial charge in [-0.2, -0.15) is 0 Å². The Bertz CT molecular complexity index is 1270. The van der Waals surface area contributed by atoms with Gasteiger partial charge in [-0.1, -0.05) is 54.6 Å². The topological polar surface area (TPSA) is 93.1 Å². The average Bonchev–Trinajstić information content (AvgIpc) is 2.92. The number of hydrogen-bond acceptors (Lipinski definition) is 6. The molecule has 1 fully saturated rings. The van der Waals surface area contributed by atoms with E-state index in [1.807, 2.05) is 18.2 Å². The molecule has 0 bridgehead atoms. The third-order valence-electron chi connectivity index (χ3n) is 6.55. The minimum atomic E-state index is -4.06. The van der Waals surface area contributed by atoms with Crippen molar-refractivity contribution >= 4 is 15.7 Å². The van der Waals surface area contributed by atoms with E-state index in [2.05, 4.69) is 36.4 Å². The van der Waals surface area contributed by atoms with E-state index in [1.54, 1.807) is 12.1 Å². The van der Waals surface area contributed by atoms with E-state index < -0.39 is 20.5 Å². The van der Waals surface area contributed by atoms with Crippen LogP contribution in [-0.4, -0.2) is 56.2 Å². The van der Waals surface area contributed by atoms with Crippen LogP contribution in [0.3, 0.4) is 0 Å². The monoisotopic (exact) mass is 509 g/mol. The van der Waals surface area contributed by atoms with Crippen molar-refractivity contribution in [1.82, 2.24) is 5.06 Å². The highest BCUT2D eigenvalue weighted by Gasteiger charge is 2.53. The Labute approximate surface area is 212 Å². The van der Waals surface area contributed by atoms with Crippen LogP contribution >= 0.6 is 0 Å². The molecule has 0 unspecified atom stereocenters. The van der Waals surface area contributed by atoms with E-state index in [0.717, 1.165) is 19.9 Å². The SMILES string of the molecule is CN(O)C(=O)C1(S(=O)(=O)c2ccc(OCCCc3cccc(-c4ccccc4)c3)cc2)CCOCC1. The summed E-state index contributed by atoms with van der Waals surface area (Å²) in [5.41, 5.74) is 3.58. The summed E-state index contributed by atoms with van der Waals surface area (Å²) in [5.74, 6) is -0.291. The number of carbonyl (C=O) groups excluding carboxylic acids is 1. The normalized spacial score (nSPS) is 15.3. The molecule has 1 amide bonds. The second-order valence-corrected chi connectivity index (χ2v) is 11.2. The largest absolute Gasteiger partial charge is 0.494 e. The zero-order chi connectivity index (χ0) is 25.6. The van der Waals surface area contributed by atoms with Crippen LogP contribution in [0.25, 0.3) is 11.1 Å². The summed E-state index contributed by atoms with van der Waals surface area (Å²) in [6, 6.07) is 24.8. The molecule has 190 valence electrons. The highest BCUT2D eigenvalue weighted by atomic mass is 32.2. The summed E-state index contributed by atoms with van der Waals surface area (Å²) >= 11 is 0. The number of carbonyl (C=O) groups is 1. The average molecular weight is 510 g/mol. The molecule has 0 spiro atoms. The number of nitrogens with zero attached hydrogens (tertiary/aromatic N) is 1. The first kappa shape index (κ1) is 25.9. The first-order valence-electron chi connectivity index (χ1n) is 12.0. The summed E-state index contributed by atoms with van der Waals surface area (Å²) in [7, 11) is -2.92. The highest BCUT2D eigenvalue weighted by Crippen LogP contribution is 2.37. The number of amides is 1. The summed E-state index contributed by atoms with van der Waals surface area (Å²) < 4.78 is 36.3. The van der Waals surface area contributed by atoms with Crippen molar-refractivity contribution in [3.8, 4) is 16.9 Å². The van der Waals surface area contributed by atoms with Gasteiger partial charge in [0.25, 0.3) is 5.91 Å². The molecule has 3 aromatic carbocycles. The third-order valence-corrected chi connectivity index (χ3v) is 9.05. The lowest BCUT2D eigenvalue weighted by Crippen LogP contribution is -2.55. The lowest BCUT2D eigenvalue weighted by molar-refractivity contribution is -0.164. The highest BCUT2D eigenvalue weighted by molar-refractivity contribution is 7.93. The van der Waals surface area contributed by atoms with Crippen LogP contribution in [0.2, 0.25) is 0 Å². The maximum absolute atomic E-state index is 13.5. The molecule has 1 heterocycles. The Morgan fingerprint density at radius 2 is 1.64 bits per heavy atom. The summed E-state index contributed by atoms with van der Waals surface area (Å²) in [6.07, 6.45) is 1.64. The molecule has 8 heteroatoms. The lowest BCUT2D eigenvalue weighted by Gasteiger charge is -2.36. The fourth-order valence-corrected chi connectivity index (χ4v) is 6.55. The van der Waals surface area contributed by atoms with E-state index in [0.29, 0.717) is 17.4 Å². The predicted octanol–water partition coefficient (Wildman–Crippen LogP) is 4.54. The van der Waals surface area contributed by atoms with Gasteiger partial charge in [-0.15, -0.1) is 0 Å². The smallest absolute Gasteiger partial charge is 0.267 e. The van der Waals surface area contributed by atoms with Crippen molar-refractivity contribution in [2.24, 2.45) is 0 Å². The Morgan fingerprint density at radius 3 is 2.31 bits per heavy atom. The van der Waals surface area contributed by atoms with Gasteiger partial charge >= 0.3 is 0 Å². The molecule has 0 atom stereocenters. The van der Waals surface area contributed by atoms with Crippen LogP contribution in [0.15, 0.2) is 83.8 Å². The molecule has 1 aliphatic heterocycles. The summed E-state index contributed by atoms with van der Waals surface area (Å²) in [5, 5.41) is 10.1. The molecule has 0 aliphatic carbocycles. The minimum Gasteiger partial charge on any atom is -0.494 e. The van der Waals surface area contributed by atoms with Crippen LogP contribution in [0.1, 0.15) is 24.8 Å². The molecule has 4 rings (SSSR count). The standard InChI is InChI=1S/C28H31NO6S/c1-29(31)27(30)28(16-19-34-20-17-28)36(32,33)26-14-12-25(13-15-26)35-18-6-8-22-7-5-11-24(21-22)23-9-3-2-4-10-23/h2-5,7,9-15,21,31H,6,8,16-20H2,1H3. The van der Waals surface area contributed by atoms with Gasteiger partial charge in [-0.25, -0.2) is 13.5 Å². The van der Waals surface area contributed by atoms with Crippen LogP contribution in [0, 0.1) is 0 Å². The van der Waals surface area contributed by atoms with E-state index in [1.165, 1.54) is 28.8 Å². The van der Waals surface area contributed by atoms with Crippen molar-refractivity contribution in [3.05, 3.63) is 84.4 Å². The van der Waals surface area contributed by atoms with Crippen molar-refractivity contribution in [3.63, 3.8) is 0 Å².